The van der Waals surface area contributed by atoms with E-state index in [4.69, 9.17) is 0 Å². The SMILES string of the molecule is O=C(NC1CCCCC1)c1ccc(NC(=O)c2ccccc2C(=O)O)cc1. The molecule has 0 bridgehead atoms. The van der Waals surface area contributed by atoms with E-state index in [9.17, 15) is 19.5 Å². The molecule has 0 aliphatic heterocycles. The summed E-state index contributed by atoms with van der Waals surface area (Å²) in [6.45, 7) is 0. The summed E-state index contributed by atoms with van der Waals surface area (Å²) >= 11 is 0. The second kappa shape index (κ2) is 8.49. The van der Waals surface area contributed by atoms with E-state index in [1.54, 1.807) is 36.4 Å². The zero-order valence-corrected chi connectivity index (χ0v) is 14.9. The molecule has 6 nitrogen and oxygen atoms in total. The van der Waals surface area contributed by atoms with Gasteiger partial charge in [0.25, 0.3) is 11.8 Å². The number of hydrogen-bond acceptors (Lipinski definition) is 3. The number of carboxylic acid groups (broad SMARTS) is 1. The number of nitrogens with one attached hydrogen (secondary N) is 2. The van der Waals surface area contributed by atoms with Crippen LogP contribution in [-0.2, 0) is 0 Å². The van der Waals surface area contributed by atoms with Gasteiger partial charge in [-0.2, -0.15) is 0 Å². The van der Waals surface area contributed by atoms with Gasteiger partial charge in [0, 0.05) is 17.3 Å². The smallest absolute Gasteiger partial charge is 0.336 e. The van der Waals surface area contributed by atoms with Gasteiger partial charge in [0.1, 0.15) is 0 Å². The first-order valence-corrected chi connectivity index (χ1v) is 9.09. The summed E-state index contributed by atoms with van der Waals surface area (Å²) in [5.74, 6) is -1.78. The molecule has 0 heterocycles. The van der Waals surface area contributed by atoms with Crippen LogP contribution in [0.2, 0.25) is 0 Å². The lowest BCUT2D eigenvalue weighted by atomic mass is 9.95. The number of rotatable bonds is 5. The Morgan fingerprint density at radius 3 is 2.07 bits per heavy atom. The molecule has 6 heteroatoms. The standard InChI is InChI=1S/C21H22N2O4/c24-19(22-15-6-2-1-3-7-15)14-10-12-16(13-11-14)23-20(25)17-8-4-5-9-18(17)21(26)27/h4-5,8-13,15H,1-3,6-7H2,(H,22,24)(H,23,25)(H,26,27). The van der Waals surface area contributed by atoms with Crippen LogP contribution in [0, 0.1) is 0 Å². The van der Waals surface area contributed by atoms with Gasteiger partial charge in [-0.1, -0.05) is 31.4 Å². The van der Waals surface area contributed by atoms with E-state index in [-0.39, 0.29) is 23.1 Å². The number of carboxylic acids is 1. The Bertz CT molecular complexity index is 840. The van der Waals surface area contributed by atoms with Gasteiger partial charge in [0.2, 0.25) is 0 Å². The summed E-state index contributed by atoms with van der Waals surface area (Å²) in [6.07, 6.45) is 5.55. The lowest BCUT2D eigenvalue weighted by Gasteiger charge is -2.22. The van der Waals surface area contributed by atoms with Gasteiger partial charge in [-0.05, 0) is 49.2 Å². The predicted molar refractivity (Wildman–Crippen MR) is 102 cm³/mol. The van der Waals surface area contributed by atoms with Gasteiger partial charge in [-0.25, -0.2) is 4.79 Å². The molecule has 0 unspecified atom stereocenters. The monoisotopic (exact) mass is 366 g/mol. The van der Waals surface area contributed by atoms with Gasteiger partial charge in [0.05, 0.1) is 11.1 Å². The first kappa shape index (κ1) is 18.6. The van der Waals surface area contributed by atoms with Crippen molar-refractivity contribution in [2.75, 3.05) is 5.32 Å². The van der Waals surface area contributed by atoms with Crippen LogP contribution in [0.1, 0.15) is 63.2 Å². The second-order valence-corrected chi connectivity index (χ2v) is 6.69. The first-order valence-electron chi connectivity index (χ1n) is 9.09. The van der Waals surface area contributed by atoms with Crippen molar-refractivity contribution in [2.24, 2.45) is 0 Å². The maximum absolute atomic E-state index is 12.4. The Labute approximate surface area is 157 Å². The summed E-state index contributed by atoms with van der Waals surface area (Å²) in [6, 6.07) is 12.8. The zero-order chi connectivity index (χ0) is 19.2. The summed E-state index contributed by atoms with van der Waals surface area (Å²) in [4.78, 5) is 35.9. The summed E-state index contributed by atoms with van der Waals surface area (Å²) < 4.78 is 0. The highest BCUT2D eigenvalue weighted by Gasteiger charge is 2.18. The maximum Gasteiger partial charge on any atom is 0.336 e. The first-order chi connectivity index (χ1) is 13.0. The minimum atomic E-state index is -1.16. The molecule has 1 fully saturated rings. The Morgan fingerprint density at radius 2 is 1.44 bits per heavy atom. The lowest BCUT2D eigenvalue weighted by molar-refractivity contribution is 0.0692. The number of amides is 2. The summed E-state index contributed by atoms with van der Waals surface area (Å²) in [5.41, 5.74) is 1.06. The van der Waals surface area contributed by atoms with E-state index in [1.807, 2.05) is 0 Å². The van der Waals surface area contributed by atoms with Crippen molar-refractivity contribution in [1.29, 1.82) is 0 Å². The molecule has 0 saturated heterocycles. The lowest BCUT2D eigenvalue weighted by Crippen LogP contribution is -2.36. The molecular weight excluding hydrogens is 344 g/mol. The highest BCUT2D eigenvalue weighted by molar-refractivity contribution is 6.10. The molecule has 2 amide bonds. The molecule has 3 rings (SSSR count). The quantitative estimate of drug-likeness (QED) is 0.752. The number of hydrogen-bond donors (Lipinski definition) is 3. The van der Waals surface area contributed by atoms with Crippen molar-refractivity contribution in [1.82, 2.24) is 5.32 Å². The molecule has 1 aliphatic carbocycles. The topological polar surface area (TPSA) is 95.5 Å². The van der Waals surface area contributed by atoms with Crippen molar-refractivity contribution >= 4 is 23.5 Å². The minimum absolute atomic E-state index is 0.0570. The van der Waals surface area contributed by atoms with E-state index in [1.165, 1.54) is 18.6 Å². The molecule has 0 radical (unpaired) electrons. The summed E-state index contributed by atoms with van der Waals surface area (Å²) in [5, 5.41) is 14.9. The van der Waals surface area contributed by atoms with Crippen molar-refractivity contribution in [3.63, 3.8) is 0 Å². The normalized spacial score (nSPS) is 14.4. The van der Waals surface area contributed by atoms with E-state index < -0.39 is 11.9 Å². The molecular formula is C21H22N2O4. The largest absolute Gasteiger partial charge is 0.478 e. The van der Waals surface area contributed by atoms with Crippen LogP contribution >= 0.6 is 0 Å². The van der Waals surface area contributed by atoms with Crippen molar-refractivity contribution in [2.45, 2.75) is 38.1 Å². The molecule has 3 N–H and O–H groups in total. The molecule has 2 aromatic carbocycles. The van der Waals surface area contributed by atoms with E-state index in [0.717, 1.165) is 25.7 Å². The second-order valence-electron chi connectivity index (χ2n) is 6.69. The van der Waals surface area contributed by atoms with Gasteiger partial charge < -0.3 is 15.7 Å². The van der Waals surface area contributed by atoms with Crippen LogP contribution in [-0.4, -0.2) is 28.9 Å². The van der Waals surface area contributed by atoms with Crippen LogP contribution in [0.15, 0.2) is 48.5 Å². The fraction of sp³-hybridized carbons (Fsp3) is 0.286. The predicted octanol–water partition coefficient (Wildman–Crippen LogP) is 3.70. The Morgan fingerprint density at radius 1 is 0.815 bits per heavy atom. The molecule has 0 spiro atoms. The summed E-state index contributed by atoms with van der Waals surface area (Å²) in [7, 11) is 0. The van der Waals surface area contributed by atoms with Gasteiger partial charge >= 0.3 is 5.97 Å². The third-order valence-corrected chi connectivity index (χ3v) is 4.75. The van der Waals surface area contributed by atoms with Crippen molar-refractivity contribution in [3.05, 3.63) is 65.2 Å². The average Bonchev–Trinajstić information content (AvgIpc) is 2.69. The maximum atomic E-state index is 12.4. The van der Waals surface area contributed by atoms with Crippen LogP contribution in [0.25, 0.3) is 0 Å². The van der Waals surface area contributed by atoms with Crippen LogP contribution in [0.4, 0.5) is 5.69 Å². The molecule has 1 saturated carbocycles. The molecule has 0 aromatic heterocycles. The van der Waals surface area contributed by atoms with Crippen LogP contribution < -0.4 is 10.6 Å². The van der Waals surface area contributed by atoms with E-state index in [0.29, 0.717) is 11.3 Å². The Hall–Kier alpha value is -3.15. The molecule has 0 atom stereocenters. The van der Waals surface area contributed by atoms with Crippen LogP contribution in [0.3, 0.4) is 0 Å². The number of anilines is 1. The highest BCUT2D eigenvalue weighted by Crippen LogP contribution is 2.18. The molecule has 2 aromatic rings. The molecule has 27 heavy (non-hydrogen) atoms. The number of benzene rings is 2. The highest BCUT2D eigenvalue weighted by atomic mass is 16.4. The van der Waals surface area contributed by atoms with E-state index >= 15 is 0 Å². The fourth-order valence-electron chi connectivity index (χ4n) is 3.29. The number of aromatic carboxylic acids is 1. The van der Waals surface area contributed by atoms with Crippen LogP contribution in [0.5, 0.6) is 0 Å². The van der Waals surface area contributed by atoms with Gasteiger partial charge in [0.15, 0.2) is 0 Å². The van der Waals surface area contributed by atoms with Gasteiger partial charge in [-0.15, -0.1) is 0 Å². The number of carbonyl (C=O) groups excluding carboxylic acids is 2. The number of carbonyl (C=O) groups is 3. The Balaban J connectivity index is 1.64. The van der Waals surface area contributed by atoms with Crippen molar-refractivity contribution in [3.8, 4) is 0 Å². The van der Waals surface area contributed by atoms with Crippen molar-refractivity contribution < 1.29 is 19.5 Å². The Kier molecular flexibility index (Phi) is 5.86. The molecule has 1 aliphatic rings. The fourth-order valence-corrected chi connectivity index (χ4v) is 3.29. The van der Waals surface area contributed by atoms with Gasteiger partial charge in [-0.3, -0.25) is 9.59 Å². The third-order valence-electron chi connectivity index (χ3n) is 4.75. The minimum Gasteiger partial charge on any atom is -0.478 e. The van der Waals surface area contributed by atoms with E-state index in [2.05, 4.69) is 10.6 Å². The average molecular weight is 366 g/mol. The molecule has 140 valence electrons. The zero-order valence-electron chi connectivity index (χ0n) is 14.9. The third kappa shape index (κ3) is 4.73.